The molecule has 1 saturated heterocycles. The van der Waals surface area contributed by atoms with E-state index in [0.717, 1.165) is 42.3 Å². The SMILES string of the molecule is Cc1cc(-n2ccc(OCc3ccc(Cl)cn3)cc2=O)cnc1N1CCC(N(C)C)C1. The maximum Gasteiger partial charge on any atom is 0.258 e. The number of ether oxygens (including phenoxy) is 1. The van der Waals surface area contributed by atoms with Crippen LogP contribution in [-0.4, -0.2) is 52.7 Å². The second kappa shape index (κ2) is 9.08. The van der Waals surface area contributed by atoms with E-state index < -0.39 is 0 Å². The Morgan fingerprint density at radius 3 is 2.68 bits per heavy atom. The highest BCUT2D eigenvalue weighted by Gasteiger charge is 2.25. The van der Waals surface area contributed by atoms with Crippen molar-refractivity contribution in [1.29, 1.82) is 0 Å². The predicted molar refractivity (Wildman–Crippen MR) is 122 cm³/mol. The summed E-state index contributed by atoms with van der Waals surface area (Å²) in [4.78, 5) is 26.1. The number of aromatic nitrogens is 3. The highest BCUT2D eigenvalue weighted by molar-refractivity contribution is 6.30. The van der Waals surface area contributed by atoms with Gasteiger partial charge < -0.3 is 14.5 Å². The average molecular weight is 440 g/mol. The van der Waals surface area contributed by atoms with Crippen molar-refractivity contribution in [3.8, 4) is 11.4 Å². The maximum absolute atomic E-state index is 12.7. The van der Waals surface area contributed by atoms with E-state index in [2.05, 4.69) is 33.9 Å². The fourth-order valence-corrected chi connectivity index (χ4v) is 3.90. The third-order valence-electron chi connectivity index (χ3n) is 5.57. The molecule has 4 rings (SSSR count). The van der Waals surface area contributed by atoms with Crippen LogP contribution in [-0.2, 0) is 6.61 Å². The molecule has 1 unspecified atom stereocenters. The Morgan fingerprint density at radius 2 is 2.03 bits per heavy atom. The van der Waals surface area contributed by atoms with Gasteiger partial charge in [0.15, 0.2) is 0 Å². The maximum atomic E-state index is 12.7. The van der Waals surface area contributed by atoms with Crippen molar-refractivity contribution in [2.75, 3.05) is 32.1 Å². The second-order valence-electron chi connectivity index (χ2n) is 8.01. The first-order valence-electron chi connectivity index (χ1n) is 10.2. The Bertz CT molecular complexity index is 1110. The van der Waals surface area contributed by atoms with Crippen LogP contribution in [0.25, 0.3) is 5.69 Å². The summed E-state index contributed by atoms with van der Waals surface area (Å²) >= 11 is 5.84. The van der Waals surface area contributed by atoms with Crippen molar-refractivity contribution in [2.24, 2.45) is 0 Å². The lowest BCUT2D eigenvalue weighted by Gasteiger charge is -2.22. The summed E-state index contributed by atoms with van der Waals surface area (Å²) in [6.07, 6.45) is 6.16. The van der Waals surface area contributed by atoms with Gasteiger partial charge in [0, 0.05) is 37.6 Å². The molecule has 8 heteroatoms. The van der Waals surface area contributed by atoms with Gasteiger partial charge in [-0.15, -0.1) is 0 Å². The van der Waals surface area contributed by atoms with Gasteiger partial charge in [0.25, 0.3) is 5.56 Å². The summed E-state index contributed by atoms with van der Waals surface area (Å²) in [7, 11) is 4.23. The molecule has 4 heterocycles. The molecule has 0 spiro atoms. The minimum atomic E-state index is -0.177. The number of nitrogens with zero attached hydrogens (tertiary/aromatic N) is 5. The zero-order valence-electron chi connectivity index (χ0n) is 18.0. The number of rotatable bonds is 6. The molecule has 3 aromatic heterocycles. The van der Waals surface area contributed by atoms with Crippen molar-refractivity contribution in [1.82, 2.24) is 19.4 Å². The molecule has 0 radical (unpaired) electrons. The van der Waals surface area contributed by atoms with Gasteiger partial charge in [-0.25, -0.2) is 4.98 Å². The van der Waals surface area contributed by atoms with Crippen molar-refractivity contribution in [2.45, 2.75) is 26.0 Å². The quantitative estimate of drug-likeness (QED) is 0.587. The largest absolute Gasteiger partial charge is 0.487 e. The fourth-order valence-electron chi connectivity index (χ4n) is 3.78. The standard InChI is InChI=1S/C23H26ClN5O2/c1-16-10-20(13-26-23(16)28-8-6-19(14-28)27(2)3)29-9-7-21(11-22(29)30)31-15-18-5-4-17(24)12-25-18/h4-5,7,9-13,19H,6,8,14-15H2,1-3H3. The van der Waals surface area contributed by atoms with Gasteiger partial charge in [-0.2, -0.15) is 0 Å². The zero-order valence-corrected chi connectivity index (χ0v) is 18.7. The number of likely N-dealkylation sites (N-methyl/N-ethyl adjacent to an activating group) is 1. The molecule has 0 bridgehead atoms. The van der Waals surface area contributed by atoms with E-state index in [4.69, 9.17) is 16.3 Å². The van der Waals surface area contributed by atoms with E-state index in [9.17, 15) is 4.79 Å². The van der Waals surface area contributed by atoms with E-state index in [0.29, 0.717) is 16.8 Å². The molecule has 1 atom stereocenters. The first kappa shape index (κ1) is 21.3. The van der Waals surface area contributed by atoms with Crippen LogP contribution in [0.4, 0.5) is 5.82 Å². The van der Waals surface area contributed by atoms with Crippen LogP contribution in [0, 0.1) is 6.92 Å². The topological polar surface area (TPSA) is 63.5 Å². The number of halogens is 1. The van der Waals surface area contributed by atoms with Crippen molar-refractivity contribution >= 4 is 17.4 Å². The highest BCUT2D eigenvalue weighted by atomic mass is 35.5. The van der Waals surface area contributed by atoms with Crippen LogP contribution in [0.3, 0.4) is 0 Å². The van der Waals surface area contributed by atoms with Crippen LogP contribution in [0.5, 0.6) is 5.75 Å². The lowest BCUT2D eigenvalue weighted by Crippen LogP contribution is -2.32. The number of hydrogen-bond donors (Lipinski definition) is 0. The van der Waals surface area contributed by atoms with E-state index in [1.54, 1.807) is 41.4 Å². The minimum absolute atomic E-state index is 0.177. The average Bonchev–Trinajstić information content (AvgIpc) is 3.24. The monoisotopic (exact) mass is 439 g/mol. The molecule has 0 N–H and O–H groups in total. The summed E-state index contributed by atoms with van der Waals surface area (Å²) in [6, 6.07) is 9.34. The van der Waals surface area contributed by atoms with Gasteiger partial charge in [-0.1, -0.05) is 11.6 Å². The number of aryl methyl sites for hydroxylation is 1. The van der Waals surface area contributed by atoms with Gasteiger partial charge in [0.2, 0.25) is 0 Å². The normalized spacial score (nSPS) is 16.2. The Labute approximate surface area is 186 Å². The van der Waals surface area contributed by atoms with Crippen LogP contribution in [0.15, 0.2) is 53.7 Å². The van der Waals surface area contributed by atoms with Gasteiger partial charge >= 0.3 is 0 Å². The lowest BCUT2D eigenvalue weighted by atomic mass is 10.2. The molecule has 1 aliphatic rings. The first-order valence-corrected chi connectivity index (χ1v) is 10.6. The molecule has 0 amide bonds. The third kappa shape index (κ3) is 4.89. The summed E-state index contributed by atoms with van der Waals surface area (Å²) in [6.45, 7) is 4.26. The summed E-state index contributed by atoms with van der Waals surface area (Å²) in [5, 5.41) is 0.573. The van der Waals surface area contributed by atoms with Crippen molar-refractivity contribution in [3.05, 3.63) is 75.6 Å². The molecule has 0 saturated carbocycles. The molecule has 3 aromatic rings. The molecular formula is C23H26ClN5O2. The fraction of sp³-hybridized carbons (Fsp3) is 0.348. The van der Waals surface area contributed by atoms with Gasteiger partial charge in [0.05, 0.1) is 22.6 Å². The molecule has 7 nitrogen and oxygen atoms in total. The Hall–Kier alpha value is -2.90. The van der Waals surface area contributed by atoms with Crippen LogP contribution in [0.2, 0.25) is 5.02 Å². The Morgan fingerprint density at radius 1 is 1.19 bits per heavy atom. The lowest BCUT2D eigenvalue weighted by molar-refractivity contribution is 0.300. The Balaban J connectivity index is 1.47. The van der Waals surface area contributed by atoms with Gasteiger partial charge in [-0.05, 0) is 57.3 Å². The summed E-state index contributed by atoms with van der Waals surface area (Å²) in [5.41, 5.74) is 2.35. The van der Waals surface area contributed by atoms with E-state index in [1.165, 1.54) is 6.07 Å². The smallest absolute Gasteiger partial charge is 0.258 e. The molecular weight excluding hydrogens is 414 g/mol. The molecule has 162 valence electrons. The van der Waals surface area contributed by atoms with Gasteiger partial charge in [-0.3, -0.25) is 14.3 Å². The zero-order chi connectivity index (χ0) is 22.0. The van der Waals surface area contributed by atoms with Crippen LogP contribution in [0.1, 0.15) is 17.7 Å². The molecule has 0 aromatic carbocycles. The summed E-state index contributed by atoms with van der Waals surface area (Å²) < 4.78 is 7.27. The molecule has 0 aliphatic carbocycles. The van der Waals surface area contributed by atoms with E-state index in [1.807, 2.05) is 13.0 Å². The first-order chi connectivity index (χ1) is 14.9. The van der Waals surface area contributed by atoms with E-state index in [-0.39, 0.29) is 12.2 Å². The minimum Gasteiger partial charge on any atom is -0.487 e. The summed E-state index contributed by atoms with van der Waals surface area (Å²) in [5.74, 6) is 1.47. The Kier molecular flexibility index (Phi) is 6.25. The number of anilines is 1. The highest BCUT2D eigenvalue weighted by Crippen LogP contribution is 2.25. The number of pyridine rings is 3. The van der Waals surface area contributed by atoms with Crippen molar-refractivity contribution in [3.63, 3.8) is 0 Å². The number of hydrogen-bond acceptors (Lipinski definition) is 6. The molecule has 31 heavy (non-hydrogen) atoms. The second-order valence-corrected chi connectivity index (χ2v) is 8.45. The van der Waals surface area contributed by atoms with Crippen LogP contribution < -0.4 is 15.2 Å². The third-order valence-corrected chi connectivity index (χ3v) is 5.80. The van der Waals surface area contributed by atoms with Gasteiger partial charge in [0.1, 0.15) is 18.2 Å². The van der Waals surface area contributed by atoms with Crippen LogP contribution >= 0.6 is 11.6 Å². The molecule has 1 aliphatic heterocycles. The predicted octanol–water partition coefficient (Wildman–Crippen LogP) is 3.31. The van der Waals surface area contributed by atoms with E-state index >= 15 is 0 Å². The van der Waals surface area contributed by atoms with Crippen molar-refractivity contribution < 1.29 is 4.74 Å². The molecule has 1 fully saturated rings.